The molecule has 2 rings (SSSR count). The van der Waals surface area contributed by atoms with Crippen molar-refractivity contribution >= 4 is 50.9 Å². The minimum atomic E-state index is -5.93. The van der Waals surface area contributed by atoms with Gasteiger partial charge in [0.2, 0.25) is 5.91 Å². The van der Waals surface area contributed by atoms with Gasteiger partial charge in [-0.25, -0.2) is 0 Å². The maximum atomic E-state index is 14.2. The molecule has 0 saturated carbocycles. The van der Waals surface area contributed by atoms with Crippen molar-refractivity contribution in [2.45, 2.75) is 37.0 Å². The van der Waals surface area contributed by atoms with Crippen molar-refractivity contribution in [3.8, 4) is 5.75 Å². The van der Waals surface area contributed by atoms with Gasteiger partial charge in [-0.15, -0.1) is 11.3 Å². The second-order valence-corrected chi connectivity index (χ2v) is 10.0. The lowest BCUT2D eigenvalue weighted by atomic mass is 10.1. The van der Waals surface area contributed by atoms with Gasteiger partial charge in [-0.2, -0.15) is 30.7 Å². The fraction of sp³-hybridized carbons (Fsp3) is 0.438. The van der Waals surface area contributed by atoms with Crippen molar-refractivity contribution in [2.75, 3.05) is 6.61 Å². The molecule has 0 aliphatic carbocycles. The zero-order chi connectivity index (χ0) is 24.7. The number of benzene rings is 1. The first-order valence-corrected chi connectivity index (χ1v) is 11.7. The van der Waals surface area contributed by atoms with Crippen LogP contribution in [0.15, 0.2) is 16.6 Å². The van der Waals surface area contributed by atoms with Gasteiger partial charge in [-0.1, -0.05) is 0 Å². The Kier molecular flexibility index (Phi) is 7.62. The number of hydrogen-bond acceptors (Lipinski definition) is 4. The zero-order valence-electron chi connectivity index (χ0n) is 15.6. The second-order valence-electron chi connectivity index (χ2n) is 6.55. The Bertz CT molecular complexity index is 1070. The molecule has 1 aromatic carbocycles. The Hall–Kier alpha value is -1.41. The van der Waals surface area contributed by atoms with Crippen LogP contribution in [0, 0.1) is 0 Å². The first-order chi connectivity index (χ1) is 14.4. The molecule has 6 nitrogen and oxygen atoms in total. The summed E-state index contributed by atoms with van der Waals surface area (Å²) in [6, 6.07) is 2.12. The van der Waals surface area contributed by atoms with Crippen LogP contribution < -0.4 is 10.5 Å². The number of alkyl halides is 7. The van der Waals surface area contributed by atoms with E-state index in [1.54, 1.807) is 0 Å². The predicted octanol–water partition coefficient (Wildman–Crippen LogP) is 5.74. The largest absolute Gasteiger partial charge is 0.492 e. The van der Waals surface area contributed by atoms with E-state index in [1.807, 2.05) is 0 Å². The van der Waals surface area contributed by atoms with Crippen molar-refractivity contribution < 1.29 is 54.6 Å². The fourth-order valence-corrected chi connectivity index (χ4v) is 5.46. The Balaban J connectivity index is 2.33. The van der Waals surface area contributed by atoms with Gasteiger partial charge in [0, 0.05) is 21.8 Å². The number of amides is 1. The van der Waals surface area contributed by atoms with Gasteiger partial charge in [0.25, 0.3) is 0 Å². The summed E-state index contributed by atoms with van der Waals surface area (Å²) in [4.78, 5) is 28.5. The van der Waals surface area contributed by atoms with Crippen LogP contribution in [0.25, 0.3) is 10.1 Å². The van der Waals surface area contributed by atoms with Gasteiger partial charge < -0.3 is 20.3 Å². The van der Waals surface area contributed by atoms with E-state index in [9.17, 15) is 40.1 Å². The first kappa shape index (κ1) is 26.8. The van der Waals surface area contributed by atoms with E-state index in [0.29, 0.717) is 0 Å². The molecule has 0 radical (unpaired) electrons. The lowest BCUT2D eigenvalue weighted by Gasteiger charge is -2.19. The number of carbonyl (C=O) groups is 1. The maximum absolute atomic E-state index is 14.2. The smallest absolute Gasteiger partial charge is 0.453 e. The summed E-state index contributed by atoms with van der Waals surface area (Å²) in [5.74, 6) is -6.12. The number of ether oxygens (including phenoxy) is 1. The minimum Gasteiger partial charge on any atom is -0.492 e. The molecule has 32 heavy (non-hydrogen) atoms. The summed E-state index contributed by atoms with van der Waals surface area (Å²) >= 11 is 3.06. The molecular weight excluding hydrogens is 562 g/mol. The molecule has 16 heteroatoms. The number of rotatable bonds is 9. The van der Waals surface area contributed by atoms with Crippen LogP contribution in [0.4, 0.5) is 30.7 Å². The minimum absolute atomic E-state index is 0.0781. The van der Waals surface area contributed by atoms with Crippen molar-refractivity contribution in [3.05, 3.63) is 27.0 Å². The number of thiophene rings is 1. The summed E-state index contributed by atoms with van der Waals surface area (Å²) in [6.45, 7) is -0.412. The summed E-state index contributed by atoms with van der Waals surface area (Å²) in [5, 5.41) is -0.0898. The van der Waals surface area contributed by atoms with E-state index in [0.717, 1.165) is 12.1 Å². The molecule has 180 valence electrons. The molecule has 1 heterocycles. The summed E-state index contributed by atoms with van der Waals surface area (Å²) < 4.78 is 107. The van der Waals surface area contributed by atoms with Crippen LogP contribution in [-0.2, 0) is 10.2 Å². The van der Waals surface area contributed by atoms with Gasteiger partial charge in [-0.3, -0.25) is 9.36 Å². The van der Waals surface area contributed by atoms with Crippen LogP contribution in [-0.4, -0.2) is 34.4 Å². The molecular formula is C16H14BrF7NO5PS. The van der Waals surface area contributed by atoms with Gasteiger partial charge in [0.15, 0.2) is 0 Å². The quantitative estimate of drug-likeness (QED) is 0.201. The van der Waals surface area contributed by atoms with Crippen molar-refractivity contribution in [3.63, 3.8) is 0 Å². The second kappa shape index (κ2) is 9.09. The topological polar surface area (TPSA) is 110 Å². The lowest BCUT2D eigenvalue weighted by molar-refractivity contribution is -0.284. The van der Waals surface area contributed by atoms with Crippen LogP contribution >= 0.6 is 34.9 Å². The van der Waals surface area contributed by atoms with Crippen molar-refractivity contribution in [2.24, 2.45) is 5.73 Å². The first-order valence-electron chi connectivity index (χ1n) is 8.47. The Morgan fingerprint density at radius 3 is 2.22 bits per heavy atom. The number of halogens is 8. The third-order valence-electron chi connectivity index (χ3n) is 4.18. The predicted molar refractivity (Wildman–Crippen MR) is 104 cm³/mol. The number of unbranched alkanes of at least 4 members (excludes halogenated alkanes) is 1. The highest BCUT2D eigenvalue weighted by atomic mass is 79.9. The van der Waals surface area contributed by atoms with Gasteiger partial charge in [-0.05, 0) is 40.9 Å². The molecule has 0 saturated heterocycles. The molecule has 1 aromatic heterocycles. The number of fused-ring (bicyclic) bond motifs is 1. The number of nitrogens with two attached hydrogens (primary N) is 1. The van der Waals surface area contributed by atoms with Crippen LogP contribution in [0.5, 0.6) is 5.75 Å². The SMILES string of the molecule is NC(=O)c1cc(OCCCCC(F)(F)C(F)(F)F)c2sc(C(F)(F)P(=O)(O)O)c(Br)c2c1. The summed E-state index contributed by atoms with van der Waals surface area (Å²) in [5.41, 5.74) is 0.380. The number of primary amides is 1. The molecule has 0 aliphatic rings. The summed E-state index contributed by atoms with van der Waals surface area (Å²) in [6.07, 6.45) is -8.04. The average Bonchev–Trinajstić information content (AvgIpc) is 2.97. The maximum Gasteiger partial charge on any atom is 0.453 e. The molecule has 0 fully saturated rings. The number of carbonyl (C=O) groups excluding carboxylic acids is 1. The standard InChI is InChI=1S/C16H14BrF7NO5PS/c17-10-8-5-7(13(25)26)6-9(11(8)32-12(10)15(20,21)31(27,28)29)30-4-2-1-3-14(18,19)16(22,23)24/h5-6H,1-4H2,(H2,25,26)(H2,27,28,29). The van der Waals surface area contributed by atoms with Gasteiger partial charge in [0.05, 0.1) is 11.3 Å². The third-order valence-corrected chi connectivity index (χ3v) is 7.66. The normalized spacial score (nSPS) is 13.6. The number of hydrogen-bond donors (Lipinski definition) is 3. The Morgan fingerprint density at radius 2 is 1.72 bits per heavy atom. The van der Waals surface area contributed by atoms with E-state index in [-0.39, 0.29) is 39.2 Å². The van der Waals surface area contributed by atoms with E-state index in [4.69, 9.17) is 20.3 Å². The Labute approximate surface area is 187 Å². The molecule has 0 bridgehead atoms. The zero-order valence-corrected chi connectivity index (χ0v) is 18.9. The molecule has 0 spiro atoms. The van der Waals surface area contributed by atoms with E-state index in [2.05, 4.69) is 15.9 Å². The van der Waals surface area contributed by atoms with Crippen LogP contribution in [0.1, 0.15) is 34.5 Å². The van der Waals surface area contributed by atoms with Crippen LogP contribution in [0.2, 0.25) is 0 Å². The molecule has 2 aromatic rings. The van der Waals surface area contributed by atoms with E-state index < -0.39 is 60.1 Å². The Morgan fingerprint density at radius 1 is 1.12 bits per heavy atom. The fourth-order valence-electron chi connectivity index (χ4n) is 2.49. The van der Waals surface area contributed by atoms with E-state index >= 15 is 0 Å². The average molecular weight is 576 g/mol. The molecule has 4 N–H and O–H groups in total. The monoisotopic (exact) mass is 575 g/mol. The van der Waals surface area contributed by atoms with Crippen molar-refractivity contribution in [1.82, 2.24) is 0 Å². The molecule has 0 atom stereocenters. The lowest BCUT2D eigenvalue weighted by Crippen LogP contribution is -2.36. The van der Waals surface area contributed by atoms with Crippen LogP contribution in [0.3, 0.4) is 0 Å². The highest BCUT2D eigenvalue weighted by Crippen LogP contribution is 2.63. The van der Waals surface area contributed by atoms with Gasteiger partial charge >= 0.3 is 25.4 Å². The summed E-state index contributed by atoms with van der Waals surface area (Å²) in [7, 11) is -5.93. The van der Waals surface area contributed by atoms with Gasteiger partial charge in [0.1, 0.15) is 10.6 Å². The highest BCUT2D eigenvalue weighted by Gasteiger charge is 2.56. The molecule has 0 aliphatic heterocycles. The molecule has 0 unspecified atom stereocenters. The third kappa shape index (κ3) is 5.38. The van der Waals surface area contributed by atoms with E-state index in [1.165, 1.54) is 0 Å². The van der Waals surface area contributed by atoms with Crippen molar-refractivity contribution in [1.29, 1.82) is 0 Å². The highest BCUT2D eigenvalue weighted by molar-refractivity contribution is 9.10. The molecule has 1 amide bonds.